The third-order valence-corrected chi connectivity index (χ3v) is 8.58. The summed E-state index contributed by atoms with van der Waals surface area (Å²) in [5.74, 6) is -2.99. The molecule has 1 fully saturated rings. The molecule has 2 aliphatic heterocycles. The molecule has 2 aromatic rings. The van der Waals surface area contributed by atoms with Gasteiger partial charge in [0.15, 0.2) is 0 Å². The van der Waals surface area contributed by atoms with Crippen molar-refractivity contribution in [2.75, 3.05) is 13.2 Å². The SMILES string of the molecule is CCOC(=O)C12C(N(C(C)=O)C=C[C@@H]1c1ccccc1)C1(C(=O)OCC)C2N(C(C)=O)C=C[C@H]1c1ccccc1. The summed E-state index contributed by atoms with van der Waals surface area (Å²) in [6.45, 7) is 6.44. The first-order chi connectivity index (χ1) is 19.3. The summed E-state index contributed by atoms with van der Waals surface area (Å²) in [6.07, 6.45) is 6.95. The Hall–Kier alpha value is -4.20. The van der Waals surface area contributed by atoms with Crippen molar-refractivity contribution in [2.24, 2.45) is 10.8 Å². The number of carbonyl (C=O) groups is 4. The molecule has 0 saturated heterocycles. The van der Waals surface area contributed by atoms with Gasteiger partial charge < -0.3 is 19.3 Å². The molecule has 40 heavy (non-hydrogen) atoms. The van der Waals surface area contributed by atoms with Crippen LogP contribution in [0, 0.1) is 10.8 Å². The van der Waals surface area contributed by atoms with E-state index in [1.165, 1.54) is 23.6 Å². The molecule has 4 unspecified atom stereocenters. The number of hydrogen-bond donors (Lipinski definition) is 0. The van der Waals surface area contributed by atoms with E-state index in [0.717, 1.165) is 11.1 Å². The minimum atomic E-state index is -1.49. The predicted molar refractivity (Wildman–Crippen MR) is 147 cm³/mol. The van der Waals surface area contributed by atoms with Gasteiger partial charge in [0.2, 0.25) is 11.8 Å². The monoisotopic (exact) mass is 542 g/mol. The van der Waals surface area contributed by atoms with Crippen molar-refractivity contribution in [1.29, 1.82) is 0 Å². The zero-order chi connectivity index (χ0) is 28.7. The maximum atomic E-state index is 14.4. The van der Waals surface area contributed by atoms with Gasteiger partial charge in [0.1, 0.15) is 10.8 Å². The summed E-state index contributed by atoms with van der Waals surface area (Å²) in [7, 11) is 0. The van der Waals surface area contributed by atoms with Crippen LogP contribution in [-0.4, -0.2) is 58.9 Å². The van der Waals surface area contributed by atoms with E-state index in [-0.39, 0.29) is 25.0 Å². The molecule has 2 aromatic carbocycles. The molecule has 1 aliphatic carbocycles. The topological polar surface area (TPSA) is 93.2 Å². The van der Waals surface area contributed by atoms with Crippen molar-refractivity contribution in [2.45, 2.75) is 51.6 Å². The van der Waals surface area contributed by atoms with Crippen LogP contribution in [-0.2, 0) is 28.7 Å². The molecule has 0 N–H and O–H groups in total. The molecule has 2 amide bonds. The Labute approximate surface area is 234 Å². The molecule has 3 aliphatic rings. The minimum absolute atomic E-state index is 0.0930. The molecule has 8 nitrogen and oxygen atoms in total. The quantitative estimate of drug-likeness (QED) is 0.509. The maximum Gasteiger partial charge on any atom is 0.317 e. The van der Waals surface area contributed by atoms with Crippen molar-refractivity contribution in [3.63, 3.8) is 0 Å². The molecule has 0 spiro atoms. The number of hydrogen-bond acceptors (Lipinski definition) is 6. The van der Waals surface area contributed by atoms with Gasteiger partial charge in [0.25, 0.3) is 0 Å². The van der Waals surface area contributed by atoms with Crippen LogP contribution >= 0.6 is 0 Å². The standard InChI is InChI=1S/C32H34N2O6/c1-5-39-29(37)31-25(23-13-9-7-10-14-23)17-19-33(21(3)35)27(31)32(30(38)40-6-2)26(24-15-11-8-12-16-24)18-20-34(22(4)36)28(31)32/h7-20,25-28H,5-6H2,1-4H3/t25-,26+,27?,28?,31?,32?. The third kappa shape index (κ3) is 3.65. The normalized spacial score (nSPS) is 30.0. The Bertz CT molecular complexity index is 1250. The summed E-state index contributed by atoms with van der Waals surface area (Å²) in [6, 6.07) is 16.9. The van der Waals surface area contributed by atoms with Crippen molar-refractivity contribution in [1.82, 2.24) is 9.80 Å². The Morgan fingerprint density at radius 3 is 1.30 bits per heavy atom. The highest BCUT2D eigenvalue weighted by Gasteiger charge is 2.86. The van der Waals surface area contributed by atoms with Crippen LogP contribution in [0.3, 0.4) is 0 Å². The fourth-order valence-corrected chi connectivity index (χ4v) is 7.32. The van der Waals surface area contributed by atoms with Crippen LogP contribution in [0.15, 0.2) is 85.2 Å². The number of rotatable bonds is 6. The number of ether oxygens (including phenoxy) is 2. The van der Waals surface area contributed by atoms with Crippen LogP contribution in [0.1, 0.15) is 50.7 Å². The van der Waals surface area contributed by atoms with E-state index in [4.69, 9.17) is 9.47 Å². The number of amides is 2. The van der Waals surface area contributed by atoms with Gasteiger partial charge in [-0.3, -0.25) is 19.2 Å². The van der Waals surface area contributed by atoms with E-state index in [9.17, 15) is 19.2 Å². The molecule has 0 bridgehead atoms. The summed E-state index contributed by atoms with van der Waals surface area (Å²) in [5.41, 5.74) is -1.36. The Kier molecular flexibility index (Phi) is 7.12. The fraction of sp³-hybridized carbons (Fsp3) is 0.375. The lowest BCUT2D eigenvalue weighted by Crippen LogP contribution is -2.88. The number of fused-ring (bicyclic) bond motifs is 4. The second-order valence-electron chi connectivity index (χ2n) is 10.4. The summed E-state index contributed by atoms with van der Waals surface area (Å²) < 4.78 is 11.5. The Morgan fingerprint density at radius 1 is 0.650 bits per heavy atom. The lowest BCUT2D eigenvalue weighted by Gasteiger charge is -2.73. The van der Waals surface area contributed by atoms with E-state index in [1.807, 2.05) is 72.8 Å². The first kappa shape index (κ1) is 27.4. The zero-order valence-corrected chi connectivity index (χ0v) is 23.2. The van der Waals surface area contributed by atoms with Gasteiger partial charge >= 0.3 is 11.9 Å². The molecule has 2 heterocycles. The summed E-state index contributed by atoms with van der Waals surface area (Å²) in [5, 5.41) is 0. The smallest absolute Gasteiger partial charge is 0.317 e. The Morgan fingerprint density at radius 2 is 1.00 bits per heavy atom. The van der Waals surface area contributed by atoms with Crippen LogP contribution < -0.4 is 0 Å². The summed E-state index contributed by atoms with van der Waals surface area (Å²) in [4.78, 5) is 58.3. The van der Waals surface area contributed by atoms with Gasteiger partial charge in [-0.25, -0.2) is 0 Å². The van der Waals surface area contributed by atoms with E-state index in [0.29, 0.717) is 0 Å². The summed E-state index contributed by atoms with van der Waals surface area (Å²) >= 11 is 0. The van der Waals surface area contributed by atoms with E-state index in [1.54, 1.807) is 26.2 Å². The molecule has 0 radical (unpaired) electrons. The van der Waals surface area contributed by atoms with E-state index in [2.05, 4.69) is 0 Å². The van der Waals surface area contributed by atoms with Crippen molar-refractivity contribution in [3.05, 3.63) is 96.3 Å². The Balaban J connectivity index is 1.90. The van der Waals surface area contributed by atoms with Crippen molar-refractivity contribution >= 4 is 23.8 Å². The molecule has 8 heteroatoms. The highest BCUT2D eigenvalue weighted by atomic mass is 16.5. The molecule has 208 valence electrons. The van der Waals surface area contributed by atoms with Gasteiger partial charge in [-0.05, 0) is 25.0 Å². The second kappa shape index (κ2) is 10.4. The lowest BCUT2D eigenvalue weighted by atomic mass is 9.35. The molecule has 5 rings (SSSR count). The van der Waals surface area contributed by atoms with E-state index >= 15 is 0 Å². The number of nitrogens with zero attached hydrogens (tertiary/aromatic N) is 2. The first-order valence-corrected chi connectivity index (χ1v) is 13.7. The molecule has 0 aromatic heterocycles. The number of esters is 2. The minimum Gasteiger partial charge on any atom is -0.465 e. The average molecular weight is 543 g/mol. The maximum absolute atomic E-state index is 14.4. The second-order valence-corrected chi connectivity index (χ2v) is 10.4. The van der Waals surface area contributed by atoms with E-state index < -0.39 is 46.7 Å². The van der Waals surface area contributed by atoms with Gasteiger partial charge in [-0.2, -0.15) is 0 Å². The largest absolute Gasteiger partial charge is 0.465 e. The van der Waals surface area contributed by atoms with Gasteiger partial charge in [-0.15, -0.1) is 0 Å². The highest BCUT2D eigenvalue weighted by Crippen LogP contribution is 2.72. The van der Waals surface area contributed by atoms with Crippen molar-refractivity contribution < 1.29 is 28.7 Å². The average Bonchev–Trinajstić information content (AvgIpc) is 2.95. The van der Waals surface area contributed by atoms with Crippen LogP contribution in [0.25, 0.3) is 0 Å². The molecule has 1 saturated carbocycles. The number of carbonyl (C=O) groups excluding carboxylic acids is 4. The molecule has 6 atom stereocenters. The molecular formula is C32H34N2O6. The molecular weight excluding hydrogens is 508 g/mol. The van der Waals surface area contributed by atoms with Gasteiger partial charge in [0.05, 0.1) is 25.3 Å². The fourth-order valence-electron chi connectivity index (χ4n) is 7.32. The first-order valence-electron chi connectivity index (χ1n) is 13.7. The highest BCUT2D eigenvalue weighted by molar-refractivity contribution is 5.97. The van der Waals surface area contributed by atoms with Crippen LogP contribution in [0.4, 0.5) is 0 Å². The third-order valence-electron chi connectivity index (χ3n) is 8.58. The van der Waals surface area contributed by atoms with Crippen LogP contribution in [0.2, 0.25) is 0 Å². The van der Waals surface area contributed by atoms with Gasteiger partial charge in [-0.1, -0.05) is 72.8 Å². The number of allylic oxidation sites excluding steroid dienone is 2. The lowest BCUT2D eigenvalue weighted by molar-refractivity contribution is -0.243. The van der Waals surface area contributed by atoms with Gasteiger partial charge in [0, 0.05) is 38.1 Å². The zero-order valence-electron chi connectivity index (χ0n) is 23.2. The van der Waals surface area contributed by atoms with Crippen LogP contribution in [0.5, 0.6) is 0 Å². The number of benzene rings is 2. The predicted octanol–water partition coefficient (Wildman–Crippen LogP) is 4.16. The van der Waals surface area contributed by atoms with Crippen molar-refractivity contribution in [3.8, 4) is 0 Å².